The van der Waals surface area contributed by atoms with Gasteiger partial charge < -0.3 is 25.4 Å². The number of aliphatic hydroxyl groups excluding tert-OH is 1. The minimum absolute atomic E-state index is 0.0766. The van der Waals surface area contributed by atoms with E-state index in [9.17, 15) is 28.5 Å². The lowest BCUT2D eigenvalue weighted by Crippen LogP contribution is -2.50. The Kier molecular flexibility index (Phi) is 10.5. The molecule has 0 aliphatic carbocycles. The third-order valence-corrected chi connectivity index (χ3v) is 7.96. The molecule has 0 saturated carbocycles. The van der Waals surface area contributed by atoms with Gasteiger partial charge in [-0.25, -0.2) is 8.42 Å². The highest BCUT2D eigenvalue weighted by Gasteiger charge is 2.30. The molecule has 2 atom stereocenters. The van der Waals surface area contributed by atoms with Gasteiger partial charge in [0.25, 0.3) is 0 Å². The molecular formula is C29H34N2O7S. The largest absolute Gasteiger partial charge is 0.504 e. The number of aromatic hydroxyl groups is 2. The maximum absolute atomic E-state index is 13.4. The number of nitrogens with zero attached hydrogens (tertiary/aromatic N) is 1. The zero-order chi connectivity index (χ0) is 28.4. The summed E-state index contributed by atoms with van der Waals surface area (Å²) in [5.74, 6) is -0.576. The summed E-state index contributed by atoms with van der Waals surface area (Å²) in [7, 11) is -2.43. The Morgan fingerprint density at radius 3 is 2.33 bits per heavy atom. The zero-order valence-electron chi connectivity index (χ0n) is 21.9. The summed E-state index contributed by atoms with van der Waals surface area (Å²) in [6, 6.07) is 18.6. The second-order valence-corrected chi connectivity index (χ2v) is 10.9. The van der Waals surface area contributed by atoms with Crippen molar-refractivity contribution in [2.75, 3.05) is 20.2 Å². The maximum atomic E-state index is 13.4. The lowest BCUT2D eigenvalue weighted by molar-refractivity contribution is -0.118. The molecule has 0 heterocycles. The Morgan fingerprint density at radius 2 is 1.72 bits per heavy atom. The van der Waals surface area contributed by atoms with E-state index < -0.39 is 28.1 Å². The Hall–Kier alpha value is -3.86. The molecule has 39 heavy (non-hydrogen) atoms. The SMILES string of the molecule is CCCN(C[C@@H](O)[C@H](Cc1ccccc1)NC(=O)/C=C/c1ccc(O)c(O)c1)S(=O)(=O)c1ccc(OC)cc1. The molecule has 0 aliphatic heterocycles. The summed E-state index contributed by atoms with van der Waals surface area (Å²) in [5, 5.41) is 33.2. The van der Waals surface area contributed by atoms with Crippen LogP contribution in [0.4, 0.5) is 0 Å². The van der Waals surface area contributed by atoms with Gasteiger partial charge >= 0.3 is 0 Å². The fraction of sp³-hybridized carbons (Fsp3) is 0.276. The van der Waals surface area contributed by atoms with Crippen molar-refractivity contribution in [3.8, 4) is 17.2 Å². The summed E-state index contributed by atoms with van der Waals surface area (Å²) >= 11 is 0. The van der Waals surface area contributed by atoms with Crippen molar-refractivity contribution < 1.29 is 33.3 Å². The molecule has 3 aromatic rings. The van der Waals surface area contributed by atoms with Crippen molar-refractivity contribution in [1.29, 1.82) is 0 Å². The Bertz CT molecular complexity index is 1360. The van der Waals surface area contributed by atoms with Crippen LogP contribution in [0, 0.1) is 0 Å². The highest BCUT2D eigenvalue weighted by Crippen LogP contribution is 2.25. The van der Waals surface area contributed by atoms with Crippen LogP contribution in [0.5, 0.6) is 17.2 Å². The van der Waals surface area contributed by atoms with Crippen LogP contribution in [0.25, 0.3) is 6.08 Å². The third kappa shape index (κ3) is 8.31. The number of sulfonamides is 1. The highest BCUT2D eigenvalue weighted by molar-refractivity contribution is 7.89. The number of amides is 1. The molecular weight excluding hydrogens is 520 g/mol. The predicted molar refractivity (Wildman–Crippen MR) is 149 cm³/mol. The number of ether oxygens (including phenoxy) is 1. The molecule has 0 fully saturated rings. The minimum atomic E-state index is -3.92. The number of rotatable bonds is 13. The molecule has 0 aromatic heterocycles. The number of nitrogens with one attached hydrogen (secondary N) is 1. The van der Waals surface area contributed by atoms with Gasteiger partial charge in [0.15, 0.2) is 11.5 Å². The number of carbonyl (C=O) groups is 1. The quantitative estimate of drug-likeness (QED) is 0.188. The van der Waals surface area contributed by atoms with Crippen LogP contribution in [0.2, 0.25) is 0 Å². The van der Waals surface area contributed by atoms with E-state index in [1.165, 1.54) is 53.9 Å². The van der Waals surface area contributed by atoms with E-state index in [1.807, 2.05) is 37.3 Å². The van der Waals surface area contributed by atoms with E-state index in [4.69, 9.17) is 4.74 Å². The van der Waals surface area contributed by atoms with Gasteiger partial charge in [-0.3, -0.25) is 4.79 Å². The van der Waals surface area contributed by atoms with Gasteiger partial charge in [-0.15, -0.1) is 0 Å². The number of phenols is 2. The summed E-state index contributed by atoms with van der Waals surface area (Å²) in [5.41, 5.74) is 1.34. The van der Waals surface area contributed by atoms with E-state index >= 15 is 0 Å². The Morgan fingerprint density at radius 1 is 1.03 bits per heavy atom. The van der Waals surface area contributed by atoms with Crippen molar-refractivity contribution in [1.82, 2.24) is 9.62 Å². The monoisotopic (exact) mass is 554 g/mol. The predicted octanol–water partition coefficient (Wildman–Crippen LogP) is 3.31. The second-order valence-electron chi connectivity index (χ2n) is 8.99. The van der Waals surface area contributed by atoms with Crippen LogP contribution in [0.15, 0.2) is 83.8 Å². The van der Waals surface area contributed by atoms with Gasteiger partial charge in [-0.1, -0.05) is 43.3 Å². The highest BCUT2D eigenvalue weighted by atomic mass is 32.2. The smallest absolute Gasteiger partial charge is 0.244 e. The number of methoxy groups -OCH3 is 1. The van der Waals surface area contributed by atoms with Crippen molar-refractivity contribution >= 4 is 22.0 Å². The van der Waals surface area contributed by atoms with E-state index in [-0.39, 0.29) is 35.9 Å². The molecule has 0 unspecified atom stereocenters. The fourth-order valence-corrected chi connectivity index (χ4v) is 5.54. The summed E-state index contributed by atoms with van der Waals surface area (Å²) < 4.78 is 33.2. The molecule has 208 valence electrons. The fourth-order valence-electron chi connectivity index (χ4n) is 3.99. The second kappa shape index (κ2) is 13.8. The van der Waals surface area contributed by atoms with Crippen LogP contribution < -0.4 is 10.1 Å². The molecule has 3 rings (SSSR count). The zero-order valence-corrected chi connectivity index (χ0v) is 22.7. The van der Waals surface area contributed by atoms with E-state index in [0.29, 0.717) is 17.7 Å². The van der Waals surface area contributed by atoms with Crippen LogP contribution in [0.3, 0.4) is 0 Å². The molecule has 3 aromatic carbocycles. The van der Waals surface area contributed by atoms with E-state index in [0.717, 1.165) is 5.56 Å². The minimum Gasteiger partial charge on any atom is -0.504 e. The van der Waals surface area contributed by atoms with Crippen molar-refractivity contribution in [3.05, 3.63) is 90.0 Å². The Labute approximate surface area is 229 Å². The first-order valence-corrected chi connectivity index (χ1v) is 13.9. The number of phenolic OH excluding ortho intramolecular Hbond substituents is 2. The lowest BCUT2D eigenvalue weighted by Gasteiger charge is -2.29. The Balaban J connectivity index is 1.81. The number of hydrogen-bond acceptors (Lipinski definition) is 7. The number of carbonyl (C=O) groups excluding carboxylic acids is 1. The molecule has 0 bridgehead atoms. The summed E-state index contributed by atoms with van der Waals surface area (Å²) in [6.07, 6.45) is 2.27. The normalized spacial score (nSPS) is 13.3. The molecule has 0 aliphatic rings. The van der Waals surface area contributed by atoms with Gasteiger partial charge in [0, 0.05) is 19.2 Å². The van der Waals surface area contributed by atoms with Crippen LogP contribution in [0.1, 0.15) is 24.5 Å². The van der Waals surface area contributed by atoms with Gasteiger partial charge in [0.05, 0.1) is 24.2 Å². The van der Waals surface area contributed by atoms with Gasteiger partial charge in [0.1, 0.15) is 5.75 Å². The first kappa shape index (κ1) is 29.7. The van der Waals surface area contributed by atoms with Crippen LogP contribution in [-0.2, 0) is 21.2 Å². The van der Waals surface area contributed by atoms with Crippen molar-refractivity contribution in [2.45, 2.75) is 36.8 Å². The molecule has 0 spiro atoms. The molecule has 9 nitrogen and oxygen atoms in total. The third-order valence-electron chi connectivity index (χ3n) is 6.08. The van der Waals surface area contributed by atoms with Crippen molar-refractivity contribution in [2.24, 2.45) is 0 Å². The first-order valence-electron chi connectivity index (χ1n) is 12.5. The molecule has 4 N–H and O–H groups in total. The molecule has 10 heteroatoms. The summed E-state index contributed by atoms with van der Waals surface area (Å²) in [6.45, 7) is 1.80. The van der Waals surface area contributed by atoms with Gasteiger partial charge in [-0.05, 0) is 66.4 Å². The number of hydrogen-bond donors (Lipinski definition) is 4. The van der Waals surface area contributed by atoms with Crippen LogP contribution >= 0.6 is 0 Å². The number of benzene rings is 3. The molecule has 0 saturated heterocycles. The topological polar surface area (TPSA) is 136 Å². The summed E-state index contributed by atoms with van der Waals surface area (Å²) in [4.78, 5) is 12.9. The van der Waals surface area contributed by atoms with Crippen molar-refractivity contribution in [3.63, 3.8) is 0 Å². The van der Waals surface area contributed by atoms with Crippen LogP contribution in [-0.4, -0.2) is 66.3 Å². The van der Waals surface area contributed by atoms with Gasteiger partial charge in [0.2, 0.25) is 15.9 Å². The van der Waals surface area contributed by atoms with Gasteiger partial charge in [-0.2, -0.15) is 4.31 Å². The number of aliphatic hydroxyl groups is 1. The maximum Gasteiger partial charge on any atom is 0.244 e. The standard InChI is InChI=1S/C29H34N2O7S/c1-3-17-31(39(36,37)24-13-11-23(38-2)12-14-24)20-28(34)25(18-21-7-5-4-6-8-21)30-29(35)16-10-22-9-15-26(32)27(33)19-22/h4-16,19,25,28,32-34H,3,17-18,20H2,1-2H3,(H,30,35)/b16-10+/t25-,28+/m0/s1. The van der Waals surface area contributed by atoms with E-state index in [1.54, 1.807) is 12.1 Å². The average Bonchev–Trinajstić information content (AvgIpc) is 2.93. The van der Waals surface area contributed by atoms with E-state index in [2.05, 4.69) is 5.32 Å². The average molecular weight is 555 g/mol. The lowest BCUT2D eigenvalue weighted by atomic mass is 10.0. The molecule has 0 radical (unpaired) electrons. The molecule has 1 amide bonds. The first-order chi connectivity index (χ1) is 18.6.